The van der Waals surface area contributed by atoms with Gasteiger partial charge in [0.15, 0.2) is 0 Å². The molecule has 0 aromatic heterocycles. The van der Waals surface area contributed by atoms with Crippen LogP contribution in [0.1, 0.15) is 41.2 Å². The van der Waals surface area contributed by atoms with Gasteiger partial charge in [-0.3, -0.25) is 4.79 Å². The lowest BCUT2D eigenvalue weighted by Gasteiger charge is -2.25. The number of carbonyl (C=O) groups is 1. The van der Waals surface area contributed by atoms with Gasteiger partial charge in [0.25, 0.3) is 0 Å². The van der Waals surface area contributed by atoms with Crippen molar-refractivity contribution in [3.63, 3.8) is 0 Å². The molecule has 3 nitrogen and oxygen atoms in total. The summed E-state index contributed by atoms with van der Waals surface area (Å²) in [6, 6.07) is 34.2. The van der Waals surface area contributed by atoms with Crippen molar-refractivity contribution in [3.05, 3.63) is 142 Å². The molecule has 0 saturated heterocycles. The third-order valence-electron chi connectivity index (χ3n) is 7.38. The number of fused-ring (bicyclic) bond motifs is 1. The number of aliphatic carboxylic acids is 1. The number of nitrogens with zero attached hydrogens (tertiary/aromatic N) is 1. The molecule has 5 rings (SSSR count). The van der Waals surface area contributed by atoms with Gasteiger partial charge in [-0.05, 0) is 94.6 Å². The maximum Gasteiger partial charge on any atom is 0.307 e. The predicted octanol–water partition coefficient (Wildman–Crippen LogP) is 7.92. The quantitative estimate of drug-likeness (QED) is 0.232. The van der Waals surface area contributed by atoms with E-state index in [9.17, 15) is 14.3 Å². The van der Waals surface area contributed by atoms with Gasteiger partial charge in [0.1, 0.15) is 5.82 Å². The van der Waals surface area contributed by atoms with E-state index in [0.717, 1.165) is 53.9 Å². The van der Waals surface area contributed by atoms with Gasteiger partial charge < -0.3 is 10.0 Å². The molecular formula is C35H32FNO2. The topological polar surface area (TPSA) is 40.5 Å². The first-order valence-corrected chi connectivity index (χ1v) is 13.3. The Kier molecular flexibility index (Phi) is 8.02. The van der Waals surface area contributed by atoms with E-state index in [4.69, 9.17) is 0 Å². The summed E-state index contributed by atoms with van der Waals surface area (Å²) in [5, 5.41) is 9.43. The van der Waals surface area contributed by atoms with Crippen LogP contribution in [0.4, 0.5) is 10.1 Å². The number of benzene rings is 4. The van der Waals surface area contributed by atoms with Gasteiger partial charge in [-0.2, -0.15) is 0 Å². The predicted molar refractivity (Wildman–Crippen MR) is 158 cm³/mol. The first kappa shape index (κ1) is 26.2. The van der Waals surface area contributed by atoms with Crippen LogP contribution in [0.2, 0.25) is 0 Å². The highest BCUT2D eigenvalue weighted by molar-refractivity contribution is 6.07. The van der Waals surface area contributed by atoms with E-state index in [0.29, 0.717) is 11.1 Å². The number of rotatable bonds is 10. The molecule has 39 heavy (non-hydrogen) atoms. The Labute approximate surface area is 229 Å². The second-order valence-electron chi connectivity index (χ2n) is 9.97. The van der Waals surface area contributed by atoms with Crippen LogP contribution in [0.25, 0.3) is 17.2 Å². The molecule has 4 aromatic carbocycles. The minimum Gasteiger partial charge on any atom is -0.481 e. The van der Waals surface area contributed by atoms with E-state index in [2.05, 4.69) is 83.8 Å². The van der Waals surface area contributed by atoms with E-state index < -0.39 is 5.97 Å². The maximum absolute atomic E-state index is 14.0. The summed E-state index contributed by atoms with van der Waals surface area (Å²) in [6.45, 7) is 3.75. The lowest BCUT2D eigenvalue weighted by molar-refractivity contribution is -0.135. The lowest BCUT2D eigenvalue weighted by atomic mass is 10.0. The monoisotopic (exact) mass is 517 g/mol. The van der Waals surface area contributed by atoms with Gasteiger partial charge in [0.2, 0.25) is 0 Å². The van der Waals surface area contributed by atoms with Crippen LogP contribution < -0.4 is 4.90 Å². The van der Waals surface area contributed by atoms with Crippen molar-refractivity contribution >= 4 is 28.9 Å². The number of halogens is 1. The molecule has 0 amide bonds. The third kappa shape index (κ3) is 6.35. The highest BCUT2D eigenvalue weighted by Crippen LogP contribution is 2.43. The average molecular weight is 518 g/mol. The number of hydrogen-bond acceptors (Lipinski definition) is 2. The zero-order valence-corrected chi connectivity index (χ0v) is 22.1. The third-order valence-corrected chi connectivity index (χ3v) is 7.38. The van der Waals surface area contributed by atoms with Crippen LogP contribution in [0, 0.1) is 5.82 Å². The van der Waals surface area contributed by atoms with E-state index in [-0.39, 0.29) is 12.2 Å². The van der Waals surface area contributed by atoms with Crippen molar-refractivity contribution in [2.24, 2.45) is 0 Å². The second-order valence-corrected chi connectivity index (χ2v) is 9.97. The van der Waals surface area contributed by atoms with Crippen LogP contribution in [-0.2, 0) is 17.6 Å². The molecule has 0 fully saturated rings. The molecule has 0 bridgehead atoms. The SMILES string of the molecule is CC1=C(CC(=O)O)c2cc(F)ccc2/C1=C\c1ccc(N(CCc2ccccc2)CCc2ccccc2)cc1. The van der Waals surface area contributed by atoms with Crippen LogP contribution in [0.15, 0.2) is 109 Å². The van der Waals surface area contributed by atoms with E-state index >= 15 is 0 Å². The Morgan fingerprint density at radius 3 is 1.95 bits per heavy atom. The van der Waals surface area contributed by atoms with Gasteiger partial charge >= 0.3 is 5.97 Å². The summed E-state index contributed by atoms with van der Waals surface area (Å²) in [5.41, 5.74) is 8.87. The number of allylic oxidation sites excluding steroid dienone is 2. The molecule has 0 spiro atoms. The summed E-state index contributed by atoms with van der Waals surface area (Å²) in [7, 11) is 0. The molecule has 0 radical (unpaired) electrons. The fourth-order valence-electron chi connectivity index (χ4n) is 5.27. The van der Waals surface area contributed by atoms with Crippen LogP contribution in [0.3, 0.4) is 0 Å². The molecule has 4 aromatic rings. The van der Waals surface area contributed by atoms with Crippen molar-refractivity contribution in [1.82, 2.24) is 0 Å². The summed E-state index contributed by atoms with van der Waals surface area (Å²) in [5.74, 6) is -1.28. The summed E-state index contributed by atoms with van der Waals surface area (Å²) in [6.07, 6.45) is 3.87. The first-order chi connectivity index (χ1) is 19.0. The van der Waals surface area contributed by atoms with Crippen LogP contribution in [0.5, 0.6) is 0 Å². The van der Waals surface area contributed by atoms with Crippen molar-refractivity contribution in [3.8, 4) is 0 Å². The van der Waals surface area contributed by atoms with Crippen molar-refractivity contribution in [1.29, 1.82) is 0 Å². The van der Waals surface area contributed by atoms with Crippen LogP contribution >= 0.6 is 0 Å². The minimum atomic E-state index is -0.920. The second kappa shape index (κ2) is 12.0. The summed E-state index contributed by atoms with van der Waals surface area (Å²) >= 11 is 0. The zero-order valence-electron chi connectivity index (χ0n) is 22.1. The molecule has 0 heterocycles. The van der Waals surface area contributed by atoms with Crippen molar-refractivity contribution in [2.75, 3.05) is 18.0 Å². The summed E-state index contributed by atoms with van der Waals surface area (Å²) < 4.78 is 14.0. The Hall–Kier alpha value is -4.44. The van der Waals surface area contributed by atoms with Gasteiger partial charge in [-0.15, -0.1) is 0 Å². The normalized spacial score (nSPS) is 13.5. The largest absolute Gasteiger partial charge is 0.481 e. The maximum atomic E-state index is 14.0. The Bertz CT molecular complexity index is 1460. The average Bonchev–Trinajstić information content (AvgIpc) is 3.19. The van der Waals surface area contributed by atoms with Crippen molar-refractivity contribution in [2.45, 2.75) is 26.2 Å². The number of hydrogen-bond donors (Lipinski definition) is 1. The van der Waals surface area contributed by atoms with Crippen LogP contribution in [-0.4, -0.2) is 24.2 Å². The highest BCUT2D eigenvalue weighted by Gasteiger charge is 2.25. The van der Waals surface area contributed by atoms with E-state index in [1.165, 1.54) is 23.3 Å². The number of carboxylic acids is 1. The number of carboxylic acid groups (broad SMARTS) is 1. The fourth-order valence-corrected chi connectivity index (χ4v) is 5.27. The molecule has 4 heteroatoms. The fraction of sp³-hybridized carbons (Fsp3) is 0.171. The molecule has 0 atom stereocenters. The zero-order chi connectivity index (χ0) is 27.2. The molecule has 1 N–H and O–H groups in total. The van der Waals surface area contributed by atoms with E-state index in [1.54, 1.807) is 6.07 Å². The number of anilines is 1. The molecule has 196 valence electrons. The van der Waals surface area contributed by atoms with Crippen molar-refractivity contribution < 1.29 is 14.3 Å². The first-order valence-electron chi connectivity index (χ1n) is 13.3. The van der Waals surface area contributed by atoms with Gasteiger partial charge in [-0.25, -0.2) is 4.39 Å². The summed E-state index contributed by atoms with van der Waals surface area (Å²) in [4.78, 5) is 13.9. The molecular weight excluding hydrogens is 485 g/mol. The molecule has 0 unspecified atom stereocenters. The standard InChI is InChI=1S/C35H32FNO2/c1-25-32(31-17-14-29(36)23-34(31)33(25)24-35(38)39)22-28-12-15-30(16-13-28)37(20-18-26-8-4-2-5-9-26)21-19-27-10-6-3-7-11-27/h2-17,22-23H,18-21,24H2,1H3,(H,38,39)/b32-22-. The molecule has 0 aliphatic heterocycles. The smallest absolute Gasteiger partial charge is 0.307 e. The van der Waals surface area contributed by atoms with Gasteiger partial charge in [0, 0.05) is 18.8 Å². The molecule has 0 saturated carbocycles. The Morgan fingerprint density at radius 1 is 0.795 bits per heavy atom. The van der Waals surface area contributed by atoms with Gasteiger partial charge in [0.05, 0.1) is 6.42 Å². The lowest BCUT2D eigenvalue weighted by Crippen LogP contribution is -2.28. The molecule has 1 aliphatic rings. The molecule has 1 aliphatic carbocycles. The Morgan fingerprint density at radius 2 is 1.38 bits per heavy atom. The minimum absolute atomic E-state index is 0.129. The Balaban J connectivity index is 1.40. The van der Waals surface area contributed by atoms with E-state index in [1.807, 2.05) is 19.1 Å². The highest BCUT2D eigenvalue weighted by atomic mass is 19.1. The van der Waals surface area contributed by atoms with Gasteiger partial charge in [-0.1, -0.05) is 78.9 Å².